The van der Waals surface area contributed by atoms with Crippen molar-refractivity contribution in [1.82, 2.24) is 0 Å². The van der Waals surface area contributed by atoms with Crippen LogP contribution in [0.2, 0.25) is 0 Å². The number of benzene rings is 2. The summed E-state index contributed by atoms with van der Waals surface area (Å²) in [7, 11) is 0. The van der Waals surface area contributed by atoms with E-state index >= 15 is 0 Å². The number of phenols is 3. The Bertz CT molecular complexity index is 718. The third-order valence-corrected chi connectivity index (χ3v) is 3.66. The van der Waals surface area contributed by atoms with Gasteiger partial charge in [0.25, 0.3) is 0 Å². The van der Waals surface area contributed by atoms with Gasteiger partial charge in [-0.05, 0) is 24.6 Å². The largest absolute Gasteiger partial charge is 0.508 e. The minimum Gasteiger partial charge on any atom is -0.508 e. The van der Waals surface area contributed by atoms with Gasteiger partial charge in [-0.3, -0.25) is 4.79 Å². The zero-order valence-electron chi connectivity index (χ0n) is 11.3. The van der Waals surface area contributed by atoms with Gasteiger partial charge in [0.15, 0.2) is 5.78 Å². The lowest BCUT2D eigenvalue weighted by Gasteiger charge is -2.27. The molecule has 0 radical (unpaired) electrons. The van der Waals surface area contributed by atoms with Gasteiger partial charge in [0.1, 0.15) is 34.7 Å². The fourth-order valence-corrected chi connectivity index (χ4v) is 2.48. The summed E-state index contributed by atoms with van der Waals surface area (Å²) in [5.74, 6) is -0.294. The van der Waals surface area contributed by atoms with Crippen LogP contribution in [0.4, 0.5) is 0 Å². The Morgan fingerprint density at radius 2 is 1.76 bits per heavy atom. The third-order valence-electron chi connectivity index (χ3n) is 3.66. The van der Waals surface area contributed by atoms with Gasteiger partial charge in [-0.2, -0.15) is 0 Å². The highest BCUT2D eigenvalue weighted by Gasteiger charge is 2.32. The molecule has 0 saturated carbocycles. The minimum atomic E-state index is -0.509. The molecule has 0 saturated heterocycles. The first-order valence-electron chi connectivity index (χ1n) is 6.51. The number of rotatable bonds is 1. The van der Waals surface area contributed by atoms with Crippen LogP contribution in [0.15, 0.2) is 30.3 Å². The maximum absolute atomic E-state index is 12.2. The first-order chi connectivity index (χ1) is 9.97. The standard InChI is InChI=1S/C16H14O5/c1-8-11(18)6-12(19)15-13(20)7-14(21-16(8)15)9-2-4-10(17)5-3-9/h2-6,14,17-19H,7H2,1H3/t14-/m0/s1. The summed E-state index contributed by atoms with van der Waals surface area (Å²) >= 11 is 0. The summed E-state index contributed by atoms with van der Waals surface area (Å²) in [4.78, 5) is 12.2. The number of aromatic hydroxyl groups is 3. The summed E-state index contributed by atoms with van der Waals surface area (Å²) in [5, 5.41) is 28.9. The van der Waals surface area contributed by atoms with Gasteiger partial charge in [0.2, 0.25) is 0 Å². The molecule has 108 valence electrons. The lowest BCUT2D eigenvalue weighted by Crippen LogP contribution is -2.21. The fourth-order valence-electron chi connectivity index (χ4n) is 2.48. The number of fused-ring (bicyclic) bond motifs is 1. The Morgan fingerprint density at radius 3 is 2.43 bits per heavy atom. The summed E-state index contributed by atoms with van der Waals surface area (Å²) in [6, 6.07) is 7.54. The van der Waals surface area contributed by atoms with Gasteiger partial charge >= 0.3 is 0 Å². The van der Waals surface area contributed by atoms with Gasteiger partial charge in [-0.1, -0.05) is 12.1 Å². The molecule has 1 atom stereocenters. The third kappa shape index (κ3) is 2.16. The molecule has 1 aliphatic heterocycles. The highest BCUT2D eigenvalue weighted by Crippen LogP contribution is 2.44. The summed E-state index contributed by atoms with van der Waals surface area (Å²) < 4.78 is 5.80. The summed E-state index contributed by atoms with van der Waals surface area (Å²) in [6.07, 6.45) is -0.416. The molecule has 2 aromatic rings. The average molecular weight is 286 g/mol. The molecule has 0 amide bonds. The Kier molecular flexibility index (Phi) is 2.97. The second-order valence-electron chi connectivity index (χ2n) is 5.07. The first kappa shape index (κ1) is 13.3. The van der Waals surface area contributed by atoms with Crippen molar-refractivity contribution in [2.45, 2.75) is 19.4 Å². The molecule has 1 aliphatic rings. The second-order valence-corrected chi connectivity index (χ2v) is 5.07. The monoisotopic (exact) mass is 286 g/mol. The fraction of sp³-hybridized carbons (Fsp3) is 0.188. The molecular weight excluding hydrogens is 272 g/mol. The zero-order chi connectivity index (χ0) is 15.1. The predicted molar refractivity (Wildman–Crippen MR) is 74.9 cm³/mol. The topological polar surface area (TPSA) is 87.0 Å². The number of hydrogen-bond donors (Lipinski definition) is 3. The van der Waals surface area contributed by atoms with Crippen molar-refractivity contribution in [2.75, 3.05) is 0 Å². The molecule has 3 rings (SSSR count). The predicted octanol–water partition coefficient (Wildman–Crippen LogP) is 2.82. The number of ketones is 1. The number of carbonyl (C=O) groups is 1. The number of phenolic OH excluding ortho intramolecular Hbond substituents is 3. The van der Waals surface area contributed by atoms with Crippen LogP contribution in [0, 0.1) is 6.92 Å². The summed E-state index contributed by atoms with van der Waals surface area (Å²) in [6.45, 7) is 1.63. The molecule has 1 heterocycles. The van der Waals surface area contributed by atoms with E-state index in [0.29, 0.717) is 5.56 Å². The maximum atomic E-state index is 12.2. The number of hydrogen-bond acceptors (Lipinski definition) is 5. The molecule has 5 nitrogen and oxygen atoms in total. The number of Topliss-reactive ketones (excluding diaryl/α,β-unsaturated/α-hetero) is 1. The lowest BCUT2D eigenvalue weighted by molar-refractivity contribution is 0.0843. The van der Waals surface area contributed by atoms with E-state index < -0.39 is 6.10 Å². The van der Waals surface area contributed by atoms with Crippen LogP contribution in [0.1, 0.15) is 34.0 Å². The van der Waals surface area contributed by atoms with E-state index in [9.17, 15) is 20.1 Å². The summed E-state index contributed by atoms with van der Waals surface area (Å²) in [5.41, 5.74) is 1.27. The lowest BCUT2D eigenvalue weighted by atomic mass is 9.93. The normalized spacial score (nSPS) is 17.2. The molecule has 2 aromatic carbocycles. The smallest absolute Gasteiger partial charge is 0.174 e. The minimum absolute atomic E-state index is 0.0928. The van der Waals surface area contributed by atoms with Crippen molar-refractivity contribution in [3.05, 3.63) is 47.0 Å². The first-order valence-corrected chi connectivity index (χ1v) is 6.51. The van der Waals surface area contributed by atoms with Gasteiger partial charge in [0, 0.05) is 11.6 Å². The highest BCUT2D eigenvalue weighted by molar-refractivity contribution is 6.03. The molecule has 0 bridgehead atoms. The van der Waals surface area contributed by atoms with Crippen LogP contribution in [0.3, 0.4) is 0 Å². The number of carbonyl (C=O) groups excluding carboxylic acids is 1. The molecule has 21 heavy (non-hydrogen) atoms. The van der Waals surface area contributed by atoms with Crippen LogP contribution >= 0.6 is 0 Å². The molecule has 0 fully saturated rings. The quantitative estimate of drug-likeness (QED) is 0.750. The van der Waals surface area contributed by atoms with E-state index in [1.165, 1.54) is 12.1 Å². The van der Waals surface area contributed by atoms with Crippen LogP contribution < -0.4 is 4.74 Å². The van der Waals surface area contributed by atoms with Crippen molar-refractivity contribution in [3.8, 4) is 23.0 Å². The van der Waals surface area contributed by atoms with Gasteiger partial charge in [0.05, 0.1) is 6.42 Å². The van der Waals surface area contributed by atoms with E-state index in [2.05, 4.69) is 0 Å². The molecule has 0 unspecified atom stereocenters. The second kappa shape index (κ2) is 4.70. The van der Waals surface area contributed by atoms with Gasteiger partial charge in [-0.25, -0.2) is 0 Å². The highest BCUT2D eigenvalue weighted by atomic mass is 16.5. The van der Waals surface area contributed by atoms with Crippen molar-refractivity contribution < 1.29 is 24.9 Å². The molecule has 0 aromatic heterocycles. The molecule has 0 spiro atoms. The van der Waals surface area contributed by atoms with Crippen molar-refractivity contribution >= 4 is 5.78 Å². The van der Waals surface area contributed by atoms with Crippen molar-refractivity contribution in [3.63, 3.8) is 0 Å². The van der Waals surface area contributed by atoms with Crippen LogP contribution in [0.5, 0.6) is 23.0 Å². The molecular formula is C16H14O5. The van der Waals surface area contributed by atoms with Crippen LogP contribution in [-0.2, 0) is 0 Å². The van der Waals surface area contributed by atoms with Gasteiger partial charge < -0.3 is 20.1 Å². The number of ether oxygens (including phenoxy) is 1. The maximum Gasteiger partial charge on any atom is 0.174 e. The van der Waals surface area contributed by atoms with E-state index in [0.717, 1.165) is 11.6 Å². The van der Waals surface area contributed by atoms with Gasteiger partial charge in [-0.15, -0.1) is 0 Å². The molecule has 3 N–H and O–H groups in total. The van der Waals surface area contributed by atoms with Crippen molar-refractivity contribution in [2.24, 2.45) is 0 Å². The van der Waals surface area contributed by atoms with Crippen molar-refractivity contribution in [1.29, 1.82) is 0 Å². The molecule has 5 heteroatoms. The van der Waals surface area contributed by atoms with E-state index in [4.69, 9.17) is 4.74 Å². The van der Waals surface area contributed by atoms with E-state index in [1.807, 2.05) is 0 Å². The Balaban J connectivity index is 2.06. The van der Waals surface area contributed by atoms with E-state index in [1.54, 1.807) is 19.1 Å². The van der Waals surface area contributed by atoms with Crippen LogP contribution in [0.25, 0.3) is 0 Å². The van der Waals surface area contributed by atoms with Crippen LogP contribution in [-0.4, -0.2) is 21.1 Å². The SMILES string of the molecule is Cc1c(O)cc(O)c2c1O[C@H](c1ccc(O)cc1)CC2=O. The molecule has 0 aliphatic carbocycles. The zero-order valence-corrected chi connectivity index (χ0v) is 11.3. The Morgan fingerprint density at radius 1 is 1.10 bits per heavy atom. The Hall–Kier alpha value is -2.69. The van der Waals surface area contributed by atoms with E-state index in [-0.39, 0.29) is 40.8 Å². The Labute approximate surface area is 121 Å². The average Bonchev–Trinajstić information content (AvgIpc) is 2.44.